The zero-order valence-corrected chi connectivity index (χ0v) is 16.0. The van der Waals surface area contributed by atoms with Crippen LogP contribution in [0, 0.1) is 22.7 Å². The molecule has 4 atom stereocenters. The molecule has 3 nitrogen and oxygen atoms in total. The monoisotopic (exact) mass is 344 g/mol. The van der Waals surface area contributed by atoms with Crippen molar-refractivity contribution in [3.05, 3.63) is 36.3 Å². The normalized spacial score (nSPS) is 35.2. The van der Waals surface area contributed by atoms with E-state index in [1.165, 1.54) is 37.3 Å². The van der Waals surface area contributed by atoms with E-state index in [9.17, 15) is 4.79 Å². The summed E-state index contributed by atoms with van der Waals surface area (Å²) < 4.78 is 10.7. The molecule has 2 aliphatic carbocycles. The fraction of sp³-hybridized carbons (Fsp3) is 0.682. The average molecular weight is 344 g/mol. The van der Waals surface area contributed by atoms with Crippen molar-refractivity contribution in [3.8, 4) is 0 Å². The van der Waals surface area contributed by atoms with E-state index in [0.29, 0.717) is 18.4 Å². The van der Waals surface area contributed by atoms with Crippen LogP contribution in [0.3, 0.4) is 0 Å². The predicted octanol–water partition coefficient (Wildman–Crippen LogP) is 5.55. The van der Waals surface area contributed by atoms with Crippen molar-refractivity contribution in [2.45, 2.75) is 65.7 Å². The van der Waals surface area contributed by atoms with E-state index >= 15 is 0 Å². The Hall–Kier alpha value is -1.51. The molecule has 1 aromatic heterocycles. The minimum Gasteiger partial charge on any atom is -0.472 e. The molecule has 0 aromatic carbocycles. The van der Waals surface area contributed by atoms with Crippen molar-refractivity contribution in [3.63, 3.8) is 0 Å². The lowest BCUT2D eigenvalue weighted by molar-refractivity contribution is -0.152. The van der Waals surface area contributed by atoms with Gasteiger partial charge < -0.3 is 9.15 Å². The first-order valence-corrected chi connectivity index (χ1v) is 9.67. The number of ether oxygens (including phenoxy) is 1. The number of furan rings is 1. The van der Waals surface area contributed by atoms with Crippen LogP contribution in [0.25, 0.3) is 0 Å². The third-order valence-electron chi connectivity index (χ3n) is 7.05. The van der Waals surface area contributed by atoms with Gasteiger partial charge in [-0.05, 0) is 67.4 Å². The molecular weight excluding hydrogens is 312 g/mol. The SMILES string of the molecule is C=C1CC[C@H]2[C@@](C)(COC(C)=O)CCC[C@]2(C)[C@H]1CCc1ccoc1. The first-order chi connectivity index (χ1) is 11.8. The van der Waals surface area contributed by atoms with Crippen LogP contribution in [0.2, 0.25) is 0 Å². The molecule has 0 saturated heterocycles. The molecule has 0 unspecified atom stereocenters. The van der Waals surface area contributed by atoms with Crippen LogP contribution in [0.15, 0.2) is 35.2 Å². The van der Waals surface area contributed by atoms with Crippen molar-refractivity contribution >= 4 is 5.97 Å². The molecule has 0 N–H and O–H groups in total. The lowest BCUT2D eigenvalue weighted by atomic mass is 9.47. The molecule has 1 heterocycles. The van der Waals surface area contributed by atoms with Crippen LogP contribution in [0.4, 0.5) is 0 Å². The minimum absolute atomic E-state index is 0.0905. The van der Waals surface area contributed by atoms with Gasteiger partial charge in [0.1, 0.15) is 0 Å². The lowest BCUT2D eigenvalue weighted by Crippen LogP contribution is -2.52. The molecule has 3 heteroatoms. The molecule has 1 aromatic rings. The molecule has 0 amide bonds. The van der Waals surface area contributed by atoms with Gasteiger partial charge in [0, 0.05) is 12.3 Å². The van der Waals surface area contributed by atoms with Gasteiger partial charge in [0.15, 0.2) is 0 Å². The number of hydrogen-bond donors (Lipinski definition) is 0. The van der Waals surface area contributed by atoms with E-state index in [2.05, 4.69) is 26.5 Å². The Bertz CT molecular complexity index is 617. The van der Waals surface area contributed by atoms with E-state index in [4.69, 9.17) is 9.15 Å². The second-order valence-corrected chi connectivity index (χ2v) is 8.77. The number of fused-ring (bicyclic) bond motifs is 1. The van der Waals surface area contributed by atoms with Gasteiger partial charge >= 0.3 is 5.97 Å². The number of esters is 1. The van der Waals surface area contributed by atoms with Crippen LogP contribution >= 0.6 is 0 Å². The molecule has 2 saturated carbocycles. The standard InChI is InChI=1S/C22H32O3/c1-16-6-9-20-21(3,15-25-17(2)23)11-5-12-22(20,4)19(16)8-7-18-10-13-24-14-18/h10,13-14,19-20H,1,5-9,11-12,15H2,2-4H3/t19-,20-,21+,22+/m0/s1. The van der Waals surface area contributed by atoms with Crippen molar-refractivity contribution in [1.29, 1.82) is 0 Å². The Balaban J connectivity index is 1.79. The fourth-order valence-electron chi connectivity index (χ4n) is 5.80. The summed E-state index contributed by atoms with van der Waals surface area (Å²) >= 11 is 0. The molecule has 138 valence electrons. The van der Waals surface area contributed by atoms with Gasteiger partial charge in [-0.3, -0.25) is 4.79 Å². The Kier molecular flexibility index (Phi) is 5.13. The van der Waals surface area contributed by atoms with Crippen molar-refractivity contribution in [1.82, 2.24) is 0 Å². The summed E-state index contributed by atoms with van der Waals surface area (Å²) in [4.78, 5) is 11.4. The van der Waals surface area contributed by atoms with Gasteiger partial charge in [-0.15, -0.1) is 0 Å². The summed E-state index contributed by atoms with van der Waals surface area (Å²) in [5.74, 6) is 0.969. The quantitative estimate of drug-likeness (QED) is 0.519. The number of carbonyl (C=O) groups is 1. The van der Waals surface area contributed by atoms with E-state index in [-0.39, 0.29) is 16.8 Å². The van der Waals surface area contributed by atoms with E-state index < -0.39 is 0 Å². The van der Waals surface area contributed by atoms with Crippen molar-refractivity contribution < 1.29 is 13.9 Å². The van der Waals surface area contributed by atoms with Crippen molar-refractivity contribution in [2.75, 3.05) is 6.61 Å². The molecule has 2 aliphatic rings. The van der Waals surface area contributed by atoms with Crippen molar-refractivity contribution in [2.24, 2.45) is 22.7 Å². The highest BCUT2D eigenvalue weighted by Crippen LogP contribution is 2.61. The second-order valence-electron chi connectivity index (χ2n) is 8.77. The summed E-state index contributed by atoms with van der Waals surface area (Å²) in [6, 6.07) is 2.07. The van der Waals surface area contributed by atoms with Gasteiger partial charge in [-0.25, -0.2) is 0 Å². The first-order valence-electron chi connectivity index (χ1n) is 9.67. The summed E-state index contributed by atoms with van der Waals surface area (Å²) in [7, 11) is 0. The maximum atomic E-state index is 11.4. The Morgan fingerprint density at radius 1 is 1.40 bits per heavy atom. The van der Waals surface area contributed by atoms with Gasteiger partial charge in [-0.2, -0.15) is 0 Å². The van der Waals surface area contributed by atoms with Crippen LogP contribution in [-0.4, -0.2) is 12.6 Å². The number of carbonyl (C=O) groups excluding carboxylic acids is 1. The third kappa shape index (κ3) is 3.56. The maximum Gasteiger partial charge on any atom is 0.302 e. The number of hydrogen-bond acceptors (Lipinski definition) is 3. The molecule has 0 aliphatic heterocycles. The smallest absolute Gasteiger partial charge is 0.302 e. The predicted molar refractivity (Wildman–Crippen MR) is 99.1 cm³/mol. The summed E-state index contributed by atoms with van der Waals surface area (Å²) in [5, 5.41) is 0. The molecule has 0 bridgehead atoms. The van der Waals surface area contributed by atoms with Crippen LogP contribution in [0.5, 0.6) is 0 Å². The molecular formula is C22H32O3. The van der Waals surface area contributed by atoms with E-state index in [0.717, 1.165) is 25.7 Å². The Morgan fingerprint density at radius 3 is 2.88 bits per heavy atom. The first kappa shape index (κ1) is 18.3. The highest BCUT2D eigenvalue weighted by Gasteiger charge is 2.54. The number of allylic oxidation sites excluding steroid dienone is 1. The van der Waals surface area contributed by atoms with Crippen LogP contribution in [-0.2, 0) is 16.0 Å². The highest BCUT2D eigenvalue weighted by atomic mass is 16.5. The Morgan fingerprint density at radius 2 is 2.20 bits per heavy atom. The van der Waals surface area contributed by atoms with E-state index in [1.54, 1.807) is 6.26 Å². The van der Waals surface area contributed by atoms with Crippen LogP contribution in [0.1, 0.15) is 64.9 Å². The summed E-state index contributed by atoms with van der Waals surface area (Å²) in [5.41, 5.74) is 3.04. The third-order valence-corrected chi connectivity index (χ3v) is 7.05. The zero-order valence-electron chi connectivity index (χ0n) is 16.0. The second kappa shape index (κ2) is 7.01. The van der Waals surface area contributed by atoms with Gasteiger partial charge in [0.25, 0.3) is 0 Å². The van der Waals surface area contributed by atoms with Gasteiger partial charge in [-0.1, -0.05) is 32.4 Å². The van der Waals surface area contributed by atoms with Crippen LogP contribution < -0.4 is 0 Å². The lowest BCUT2D eigenvalue weighted by Gasteiger charge is -2.58. The molecule has 0 radical (unpaired) electrons. The summed E-state index contributed by atoms with van der Waals surface area (Å²) in [6.45, 7) is 11.3. The maximum absolute atomic E-state index is 11.4. The molecule has 0 spiro atoms. The minimum atomic E-state index is -0.162. The number of rotatable bonds is 5. The fourth-order valence-corrected chi connectivity index (χ4v) is 5.80. The molecule has 25 heavy (non-hydrogen) atoms. The van der Waals surface area contributed by atoms with Gasteiger partial charge in [0.2, 0.25) is 0 Å². The molecule has 2 fully saturated rings. The van der Waals surface area contributed by atoms with Gasteiger partial charge in [0.05, 0.1) is 19.1 Å². The Labute approximate surface area is 151 Å². The number of aryl methyl sites for hydroxylation is 1. The summed E-state index contributed by atoms with van der Waals surface area (Å²) in [6.07, 6.45) is 11.7. The zero-order chi connectivity index (χ0) is 18.1. The largest absolute Gasteiger partial charge is 0.472 e. The van der Waals surface area contributed by atoms with E-state index in [1.807, 2.05) is 6.26 Å². The molecule has 3 rings (SSSR count). The topological polar surface area (TPSA) is 39.4 Å². The average Bonchev–Trinajstić information content (AvgIpc) is 3.05. The highest BCUT2D eigenvalue weighted by molar-refractivity contribution is 5.65.